The first-order valence-electron chi connectivity index (χ1n) is 7.08. The van der Waals surface area contributed by atoms with Crippen molar-refractivity contribution in [1.82, 2.24) is 0 Å². The number of carbonyl (C=O) groups is 2. The van der Waals surface area contributed by atoms with E-state index in [0.717, 1.165) is 0 Å². The summed E-state index contributed by atoms with van der Waals surface area (Å²) in [7, 11) is 1.26. The molecule has 1 atom stereocenters. The lowest BCUT2D eigenvalue weighted by Crippen LogP contribution is -2.41. The van der Waals surface area contributed by atoms with Gasteiger partial charge in [-0.3, -0.25) is 19.7 Å². The van der Waals surface area contributed by atoms with Crippen molar-refractivity contribution in [2.75, 3.05) is 12.4 Å². The zero-order valence-corrected chi connectivity index (χ0v) is 13.2. The Labute approximate surface area is 133 Å². The molecule has 0 aromatic heterocycles. The number of nitro groups is 1. The highest BCUT2D eigenvalue weighted by Gasteiger charge is 2.44. The smallest absolute Gasteiger partial charge is 0.317 e. The maximum absolute atomic E-state index is 12.2. The number of methoxy groups -OCH3 is 1. The topological polar surface area (TPSA) is 98.5 Å². The Morgan fingerprint density at radius 3 is 2.43 bits per heavy atom. The molecule has 1 aliphatic carbocycles. The molecule has 7 nitrogen and oxygen atoms in total. The van der Waals surface area contributed by atoms with Crippen LogP contribution in [0.2, 0.25) is 0 Å². The van der Waals surface area contributed by atoms with Gasteiger partial charge in [0.05, 0.1) is 12.0 Å². The van der Waals surface area contributed by atoms with E-state index in [1.54, 1.807) is 12.1 Å². The summed E-state index contributed by atoms with van der Waals surface area (Å²) in [6.45, 7) is 3.66. The average Bonchev–Trinajstić information content (AvgIpc) is 2.45. The van der Waals surface area contributed by atoms with Crippen LogP contribution in [0, 0.1) is 21.4 Å². The number of nitrogens with zero attached hydrogens (tertiary/aromatic N) is 1. The van der Waals surface area contributed by atoms with Gasteiger partial charge in [0.25, 0.3) is 5.69 Å². The first-order chi connectivity index (χ1) is 10.7. The third kappa shape index (κ3) is 3.56. The molecule has 1 aromatic carbocycles. The van der Waals surface area contributed by atoms with Gasteiger partial charge in [-0.1, -0.05) is 13.8 Å². The highest BCUT2D eigenvalue weighted by Crippen LogP contribution is 2.39. The molecule has 1 unspecified atom stereocenters. The molecule has 0 saturated carbocycles. The number of hydrogen-bond acceptors (Lipinski definition) is 6. The van der Waals surface area contributed by atoms with E-state index in [2.05, 4.69) is 5.32 Å². The molecule has 0 radical (unpaired) electrons. The quantitative estimate of drug-likeness (QED) is 0.396. The van der Waals surface area contributed by atoms with E-state index in [9.17, 15) is 19.7 Å². The van der Waals surface area contributed by atoms with E-state index in [1.807, 2.05) is 13.8 Å². The van der Waals surface area contributed by atoms with Gasteiger partial charge in [0.15, 0.2) is 5.78 Å². The van der Waals surface area contributed by atoms with Crippen LogP contribution in [0.25, 0.3) is 0 Å². The van der Waals surface area contributed by atoms with Crippen molar-refractivity contribution < 1.29 is 19.2 Å². The summed E-state index contributed by atoms with van der Waals surface area (Å²) in [6.07, 6.45) is 1.88. The summed E-state index contributed by atoms with van der Waals surface area (Å²) in [6, 6.07) is 5.91. The fraction of sp³-hybridized carbons (Fsp3) is 0.375. The number of ketones is 1. The fourth-order valence-corrected chi connectivity index (χ4v) is 2.77. The van der Waals surface area contributed by atoms with Crippen LogP contribution in [-0.2, 0) is 14.3 Å². The molecule has 0 bridgehead atoms. The molecule has 1 aliphatic rings. The zero-order valence-electron chi connectivity index (χ0n) is 13.2. The minimum atomic E-state index is -0.824. The molecule has 122 valence electrons. The zero-order chi connectivity index (χ0) is 17.2. The average molecular weight is 318 g/mol. The summed E-state index contributed by atoms with van der Waals surface area (Å²) >= 11 is 0. The molecule has 0 fully saturated rings. The molecule has 1 aromatic rings. The van der Waals surface area contributed by atoms with Crippen molar-refractivity contribution in [3.8, 4) is 0 Å². The maximum atomic E-state index is 12.2. The Bertz CT molecular complexity index is 676. The Morgan fingerprint density at radius 1 is 1.35 bits per heavy atom. The number of benzene rings is 1. The second-order valence-corrected chi connectivity index (χ2v) is 6.12. The van der Waals surface area contributed by atoms with Gasteiger partial charge in [-0.2, -0.15) is 0 Å². The van der Waals surface area contributed by atoms with E-state index < -0.39 is 22.2 Å². The van der Waals surface area contributed by atoms with Crippen LogP contribution in [0.5, 0.6) is 0 Å². The van der Waals surface area contributed by atoms with E-state index in [-0.39, 0.29) is 11.5 Å². The SMILES string of the molecule is COC(=O)C1C(=O)C=C(Nc2ccc([N+](=O)[O-])cc2)CC1(C)C. The standard InChI is InChI=1S/C16H18N2O5/c1-16(2)9-11(8-13(19)14(16)15(20)23-3)17-10-4-6-12(7-5-10)18(21)22/h4-8,14,17H,9H2,1-3H3. The molecule has 0 aliphatic heterocycles. The highest BCUT2D eigenvalue weighted by molar-refractivity contribution is 6.07. The monoisotopic (exact) mass is 318 g/mol. The molecule has 2 rings (SSSR count). The number of allylic oxidation sites excluding steroid dienone is 2. The molecular formula is C16H18N2O5. The minimum absolute atomic E-state index is 0.00432. The lowest BCUT2D eigenvalue weighted by atomic mass is 9.70. The number of nitro benzene ring substituents is 1. The fourth-order valence-electron chi connectivity index (χ4n) is 2.77. The van der Waals surface area contributed by atoms with Crippen LogP contribution in [0.1, 0.15) is 20.3 Å². The van der Waals surface area contributed by atoms with Gasteiger partial charge < -0.3 is 10.1 Å². The predicted octanol–water partition coefficient (Wildman–Crippen LogP) is 2.68. The van der Waals surface area contributed by atoms with E-state index >= 15 is 0 Å². The third-order valence-electron chi connectivity index (χ3n) is 3.85. The van der Waals surface area contributed by atoms with Gasteiger partial charge in [-0.25, -0.2) is 0 Å². The summed E-state index contributed by atoms with van der Waals surface area (Å²) in [5.41, 5.74) is 0.716. The Hall–Kier alpha value is -2.70. The van der Waals surface area contributed by atoms with Gasteiger partial charge in [0.2, 0.25) is 0 Å². The van der Waals surface area contributed by atoms with Crippen molar-refractivity contribution in [2.45, 2.75) is 20.3 Å². The number of anilines is 1. The number of carbonyl (C=O) groups excluding carboxylic acids is 2. The van der Waals surface area contributed by atoms with E-state index in [1.165, 1.54) is 25.3 Å². The summed E-state index contributed by atoms with van der Waals surface area (Å²) in [4.78, 5) is 34.2. The first kappa shape index (κ1) is 16.7. The Kier molecular flexibility index (Phi) is 4.49. The van der Waals surface area contributed by atoms with E-state index in [4.69, 9.17) is 4.74 Å². The number of hydrogen-bond donors (Lipinski definition) is 1. The minimum Gasteiger partial charge on any atom is -0.468 e. The van der Waals surface area contributed by atoms with Gasteiger partial charge in [0, 0.05) is 29.6 Å². The molecule has 0 spiro atoms. The van der Waals surface area contributed by atoms with Crippen molar-refractivity contribution in [3.63, 3.8) is 0 Å². The molecule has 23 heavy (non-hydrogen) atoms. The van der Waals surface area contributed by atoms with Crippen molar-refractivity contribution >= 4 is 23.1 Å². The van der Waals surface area contributed by atoms with Crippen LogP contribution in [0.15, 0.2) is 36.0 Å². The first-order valence-corrected chi connectivity index (χ1v) is 7.08. The van der Waals surface area contributed by atoms with Crippen molar-refractivity contribution in [2.24, 2.45) is 11.3 Å². The second-order valence-electron chi connectivity index (χ2n) is 6.12. The lowest BCUT2D eigenvalue weighted by Gasteiger charge is -2.35. The number of esters is 1. The van der Waals surface area contributed by atoms with Crippen molar-refractivity contribution in [3.05, 3.63) is 46.2 Å². The number of nitrogens with one attached hydrogen (secondary N) is 1. The van der Waals surface area contributed by atoms with Crippen LogP contribution in [0.4, 0.5) is 11.4 Å². The van der Waals surface area contributed by atoms with Gasteiger partial charge in [0.1, 0.15) is 5.92 Å². The summed E-state index contributed by atoms with van der Waals surface area (Å²) in [5, 5.41) is 13.7. The van der Waals surface area contributed by atoms with Crippen molar-refractivity contribution in [1.29, 1.82) is 0 Å². The molecular weight excluding hydrogens is 300 g/mol. The largest absolute Gasteiger partial charge is 0.468 e. The second kappa shape index (κ2) is 6.20. The molecule has 0 saturated heterocycles. The lowest BCUT2D eigenvalue weighted by molar-refractivity contribution is -0.384. The van der Waals surface area contributed by atoms with Gasteiger partial charge in [-0.15, -0.1) is 0 Å². The van der Waals surface area contributed by atoms with Gasteiger partial charge in [-0.05, 0) is 24.0 Å². The van der Waals surface area contributed by atoms with Crippen LogP contribution in [0.3, 0.4) is 0 Å². The molecule has 0 amide bonds. The Morgan fingerprint density at radius 2 is 1.96 bits per heavy atom. The van der Waals surface area contributed by atoms with Gasteiger partial charge >= 0.3 is 5.97 Å². The van der Waals surface area contributed by atoms with E-state index in [0.29, 0.717) is 17.8 Å². The van der Waals surface area contributed by atoms with Crippen LogP contribution >= 0.6 is 0 Å². The predicted molar refractivity (Wildman–Crippen MR) is 83.7 cm³/mol. The number of rotatable bonds is 4. The van der Waals surface area contributed by atoms with Crippen LogP contribution < -0.4 is 5.32 Å². The summed E-state index contributed by atoms with van der Waals surface area (Å²) < 4.78 is 4.71. The maximum Gasteiger partial charge on any atom is 0.317 e. The third-order valence-corrected chi connectivity index (χ3v) is 3.85. The number of non-ortho nitro benzene ring substituents is 1. The Balaban J connectivity index is 2.20. The summed E-state index contributed by atoms with van der Waals surface area (Å²) in [5.74, 6) is -1.67. The molecule has 0 heterocycles. The molecule has 7 heteroatoms. The highest BCUT2D eigenvalue weighted by atomic mass is 16.6. The normalized spacial score (nSPS) is 19.7. The van der Waals surface area contributed by atoms with Crippen LogP contribution in [-0.4, -0.2) is 23.8 Å². The molecule has 1 N–H and O–H groups in total. The number of ether oxygens (including phenoxy) is 1.